The van der Waals surface area contributed by atoms with Gasteiger partial charge in [-0.2, -0.15) is 0 Å². The summed E-state index contributed by atoms with van der Waals surface area (Å²) in [6, 6.07) is 6.15. The summed E-state index contributed by atoms with van der Waals surface area (Å²) >= 11 is 0. The van der Waals surface area contributed by atoms with Crippen LogP contribution >= 0.6 is 0 Å². The standard InChI is InChI=1S/C14H22N2O/c1-3-14-11(6-7-17-14)9-16-12-5-4-10(2)13(15)8-12/h4-5,8,11,14,16H,3,6-7,9,15H2,1-2H3. The average molecular weight is 234 g/mol. The molecule has 1 aromatic carbocycles. The normalized spacial score (nSPS) is 23.9. The second-order valence-corrected chi connectivity index (χ2v) is 4.82. The van der Waals surface area contributed by atoms with Gasteiger partial charge in [0.2, 0.25) is 0 Å². The van der Waals surface area contributed by atoms with Gasteiger partial charge in [0.1, 0.15) is 0 Å². The lowest BCUT2D eigenvalue weighted by Crippen LogP contribution is -2.22. The number of hydrogen-bond acceptors (Lipinski definition) is 3. The van der Waals surface area contributed by atoms with Gasteiger partial charge in [0.25, 0.3) is 0 Å². The number of anilines is 2. The summed E-state index contributed by atoms with van der Waals surface area (Å²) in [6.45, 7) is 6.09. The van der Waals surface area contributed by atoms with Crippen molar-refractivity contribution in [3.8, 4) is 0 Å². The van der Waals surface area contributed by atoms with Crippen LogP contribution in [0.1, 0.15) is 25.3 Å². The van der Waals surface area contributed by atoms with E-state index < -0.39 is 0 Å². The lowest BCUT2D eigenvalue weighted by atomic mass is 9.99. The molecule has 1 saturated heterocycles. The van der Waals surface area contributed by atoms with E-state index in [0.717, 1.165) is 42.9 Å². The van der Waals surface area contributed by atoms with Gasteiger partial charge in [0, 0.05) is 30.4 Å². The van der Waals surface area contributed by atoms with Crippen LogP contribution in [0, 0.1) is 12.8 Å². The molecule has 2 rings (SSSR count). The molecule has 0 spiro atoms. The van der Waals surface area contributed by atoms with E-state index in [2.05, 4.69) is 24.4 Å². The van der Waals surface area contributed by atoms with Crippen LogP contribution in [0.2, 0.25) is 0 Å². The second kappa shape index (κ2) is 5.41. The van der Waals surface area contributed by atoms with Crippen molar-refractivity contribution in [3.05, 3.63) is 23.8 Å². The van der Waals surface area contributed by atoms with E-state index in [1.807, 2.05) is 13.0 Å². The molecule has 3 nitrogen and oxygen atoms in total. The van der Waals surface area contributed by atoms with Gasteiger partial charge in [-0.05, 0) is 37.5 Å². The molecule has 1 fully saturated rings. The average Bonchev–Trinajstić information content (AvgIpc) is 2.78. The molecule has 0 aromatic heterocycles. The fourth-order valence-corrected chi connectivity index (χ4v) is 2.38. The second-order valence-electron chi connectivity index (χ2n) is 4.82. The highest BCUT2D eigenvalue weighted by molar-refractivity contribution is 5.58. The zero-order valence-electron chi connectivity index (χ0n) is 10.7. The Bertz CT molecular complexity index is 378. The van der Waals surface area contributed by atoms with Crippen molar-refractivity contribution in [1.82, 2.24) is 0 Å². The first-order chi connectivity index (χ1) is 8.20. The van der Waals surface area contributed by atoms with Crippen molar-refractivity contribution in [1.29, 1.82) is 0 Å². The first-order valence-corrected chi connectivity index (χ1v) is 6.42. The van der Waals surface area contributed by atoms with Crippen molar-refractivity contribution in [3.63, 3.8) is 0 Å². The molecule has 2 unspecified atom stereocenters. The lowest BCUT2D eigenvalue weighted by Gasteiger charge is -2.18. The molecule has 0 amide bonds. The van der Waals surface area contributed by atoms with Gasteiger partial charge in [0.15, 0.2) is 0 Å². The van der Waals surface area contributed by atoms with Crippen LogP contribution in [0.4, 0.5) is 11.4 Å². The Hall–Kier alpha value is -1.22. The van der Waals surface area contributed by atoms with Crippen molar-refractivity contribution in [2.45, 2.75) is 32.8 Å². The molecule has 3 N–H and O–H groups in total. The molecule has 0 aliphatic carbocycles. The highest BCUT2D eigenvalue weighted by Gasteiger charge is 2.26. The van der Waals surface area contributed by atoms with E-state index in [1.165, 1.54) is 0 Å². The lowest BCUT2D eigenvalue weighted by molar-refractivity contribution is 0.0900. The summed E-state index contributed by atoms with van der Waals surface area (Å²) in [7, 11) is 0. The molecule has 0 bridgehead atoms. The number of rotatable bonds is 4. The molecule has 1 heterocycles. The molecule has 94 valence electrons. The summed E-state index contributed by atoms with van der Waals surface area (Å²) in [5.41, 5.74) is 8.98. The minimum atomic E-state index is 0.422. The zero-order valence-corrected chi connectivity index (χ0v) is 10.7. The van der Waals surface area contributed by atoms with Gasteiger partial charge < -0.3 is 15.8 Å². The molecule has 0 saturated carbocycles. The molecule has 2 atom stereocenters. The number of nitrogens with two attached hydrogens (primary N) is 1. The van der Waals surface area contributed by atoms with E-state index in [-0.39, 0.29) is 0 Å². The number of hydrogen-bond donors (Lipinski definition) is 2. The minimum absolute atomic E-state index is 0.422. The van der Waals surface area contributed by atoms with Crippen LogP contribution in [0.25, 0.3) is 0 Å². The molecule has 17 heavy (non-hydrogen) atoms. The van der Waals surface area contributed by atoms with E-state index in [0.29, 0.717) is 12.0 Å². The summed E-state index contributed by atoms with van der Waals surface area (Å²) in [5, 5.41) is 3.46. The fraction of sp³-hybridized carbons (Fsp3) is 0.571. The Morgan fingerprint density at radius 3 is 3.00 bits per heavy atom. The summed E-state index contributed by atoms with van der Waals surface area (Å²) in [5.74, 6) is 0.627. The van der Waals surface area contributed by atoms with Crippen molar-refractivity contribution >= 4 is 11.4 Å². The molecule has 3 heteroatoms. The molecule has 1 aliphatic rings. The van der Waals surface area contributed by atoms with Crippen molar-refractivity contribution in [2.75, 3.05) is 24.2 Å². The van der Waals surface area contributed by atoms with Crippen LogP contribution in [-0.4, -0.2) is 19.3 Å². The van der Waals surface area contributed by atoms with Gasteiger partial charge in [-0.3, -0.25) is 0 Å². The first-order valence-electron chi connectivity index (χ1n) is 6.42. The van der Waals surface area contributed by atoms with E-state index in [9.17, 15) is 0 Å². The summed E-state index contributed by atoms with van der Waals surface area (Å²) < 4.78 is 5.68. The predicted octanol–water partition coefficient (Wildman–Crippen LogP) is 2.80. The van der Waals surface area contributed by atoms with E-state index in [1.54, 1.807) is 0 Å². The van der Waals surface area contributed by atoms with Crippen molar-refractivity contribution < 1.29 is 4.74 Å². The summed E-state index contributed by atoms with van der Waals surface area (Å²) in [6.07, 6.45) is 2.68. The fourth-order valence-electron chi connectivity index (χ4n) is 2.38. The molecular formula is C14H22N2O. The Balaban J connectivity index is 1.91. The molecule has 0 radical (unpaired) electrons. The molecular weight excluding hydrogens is 212 g/mol. The topological polar surface area (TPSA) is 47.3 Å². The highest BCUT2D eigenvalue weighted by atomic mass is 16.5. The molecule has 1 aliphatic heterocycles. The van der Waals surface area contributed by atoms with Gasteiger partial charge in [-0.1, -0.05) is 13.0 Å². The first kappa shape index (κ1) is 12.2. The SMILES string of the molecule is CCC1OCCC1CNc1ccc(C)c(N)c1. The number of nitrogen functional groups attached to an aromatic ring is 1. The third kappa shape index (κ3) is 2.91. The van der Waals surface area contributed by atoms with E-state index in [4.69, 9.17) is 10.5 Å². The Morgan fingerprint density at radius 1 is 1.47 bits per heavy atom. The summed E-state index contributed by atoms with van der Waals surface area (Å²) in [4.78, 5) is 0. The number of nitrogens with one attached hydrogen (secondary N) is 1. The van der Waals surface area contributed by atoms with Gasteiger partial charge in [0.05, 0.1) is 6.10 Å². The third-order valence-corrected chi connectivity index (χ3v) is 3.60. The van der Waals surface area contributed by atoms with Gasteiger partial charge in [-0.15, -0.1) is 0 Å². The number of aryl methyl sites for hydroxylation is 1. The number of benzene rings is 1. The third-order valence-electron chi connectivity index (χ3n) is 3.60. The Morgan fingerprint density at radius 2 is 2.29 bits per heavy atom. The van der Waals surface area contributed by atoms with Gasteiger partial charge in [-0.25, -0.2) is 0 Å². The maximum atomic E-state index is 5.89. The largest absolute Gasteiger partial charge is 0.398 e. The minimum Gasteiger partial charge on any atom is -0.398 e. The van der Waals surface area contributed by atoms with Crippen LogP contribution in [0.15, 0.2) is 18.2 Å². The quantitative estimate of drug-likeness (QED) is 0.787. The van der Waals surface area contributed by atoms with Crippen molar-refractivity contribution in [2.24, 2.45) is 5.92 Å². The highest BCUT2D eigenvalue weighted by Crippen LogP contribution is 2.24. The van der Waals surface area contributed by atoms with Gasteiger partial charge >= 0.3 is 0 Å². The number of ether oxygens (including phenoxy) is 1. The molecule has 1 aromatic rings. The van der Waals surface area contributed by atoms with Crippen LogP contribution in [0.5, 0.6) is 0 Å². The zero-order chi connectivity index (χ0) is 12.3. The monoisotopic (exact) mass is 234 g/mol. The van der Waals surface area contributed by atoms with Crippen LogP contribution in [-0.2, 0) is 4.74 Å². The Labute approximate surface area is 103 Å². The predicted molar refractivity (Wildman–Crippen MR) is 72.2 cm³/mol. The maximum Gasteiger partial charge on any atom is 0.0618 e. The smallest absolute Gasteiger partial charge is 0.0618 e. The van der Waals surface area contributed by atoms with E-state index >= 15 is 0 Å². The maximum absolute atomic E-state index is 5.89. The van der Waals surface area contributed by atoms with Crippen LogP contribution < -0.4 is 11.1 Å². The Kier molecular flexibility index (Phi) is 3.89. The van der Waals surface area contributed by atoms with Crippen LogP contribution in [0.3, 0.4) is 0 Å².